The van der Waals surface area contributed by atoms with Crippen molar-refractivity contribution >= 4 is 34.0 Å². The lowest BCUT2D eigenvalue weighted by molar-refractivity contribution is -0.386. The fourth-order valence-electron chi connectivity index (χ4n) is 3.73. The number of anilines is 1. The molecular weight excluding hydrogens is 428 g/mol. The summed E-state index contributed by atoms with van der Waals surface area (Å²) in [6.45, 7) is 2.84. The van der Waals surface area contributed by atoms with Crippen LogP contribution in [-0.2, 0) is 17.7 Å². The Balaban J connectivity index is 1.65. The maximum atomic E-state index is 12.9. The summed E-state index contributed by atoms with van der Waals surface area (Å²) < 4.78 is 10.1. The number of rotatable bonds is 4. The highest BCUT2D eigenvalue weighted by molar-refractivity contribution is 7.16. The van der Waals surface area contributed by atoms with Crippen LogP contribution in [0.15, 0.2) is 12.1 Å². The van der Waals surface area contributed by atoms with Gasteiger partial charge in [0.15, 0.2) is 5.75 Å². The van der Waals surface area contributed by atoms with E-state index in [1.807, 2.05) is 0 Å². The van der Waals surface area contributed by atoms with Crippen molar-refractivity contribution in [2.75, 3.05) is 25.6 Å². The summed E-state index contributed by atoms with van der Waals surface area (Å²) in [7, 11) is 1.29. The number of fused-ring (bicyclic) bond motifs is 3. The Morgan fingerprint density at radius 3 is 2.87 bits per heavy atom. The SMILES string of the molecule is CCOC(=O)N1CCc2c(sc3c2C(=O)NC(c2cc(OC)c(O)c([N+](=O)[O-])c2)N3)C1. The van der Waals surface area contributed by atoms with Crippen molar-refractivity contribution in [3.05, 3.63) is 43.8 Å². The van der Waals surface area contributed by atoms with Gasteiger partial charge in [-0.2, -0.15) is 0 Å². The normalized spacial score (nSPS) is 17.2. The standard InChI is InChI=1S/C19H20N4O7S/c1-3-30-19(26)22-5-4-10-13(8-22)31-18-14(10)17(25)20-16(21-18)9-6-11(23(27)28)15(24)12(7-9)29-2/h6-7,16,21,24H,3-5,8H2,1-2H3,(H,20,25). The zero-order valence-corrected chi connectivity index (χ0v) is 17.6. The van der Waals surface area contributed by atoms with E-state index >= 15 is 0 Å². The number of nitrogens with zero attached hydrogens (tertiary/aromatic N) is 2. The first-order chi connectivity index (χ1) is 14.8. The van der Waals surface area contributed by atoms with Crippen LogP contribution in [0.3, 0.4) is 0 Å². The van der Waals surface area contributed by atoms with Gasteiger partial charge >= 0.3 is 11.8 Å². The molecule has 1 atom stereocenters. The fraction of sp³-hybridized carbons (Fsp3) is 0.368. The van der Waals surface area contributed by atoms with Crippen molar-refractivity contribution in [1.29, 1.82) is 0 Å². The number of ether oxygens (including phenoxy) is 2. The van der Waals surface area contributed by atoms with E-state index in [-0.39, 0.29) is 18.3 Å². The van der Waals surface area contributed by atoms with Crippen LogP contribution in [-0.4, -0.2) is 47.2 Å². The number of nitro benzene ring substituents is 1. The molecule has 1 aromatic heterocycles. The predicted molar refractivity (Wildman–Crippen MR) is 111 cm³/mol. The first-order valence-electron chi connectivity index (χ1n) is 9.53. The molecule has 164 valence electrons. The van der Waals surface area contributed by atoms with Crippen LogP contribution in [0.1, 0.15) is 39.5 Å². The van der Waals surface area contributed by atoms with E-state index in [2.05, 4.69) is 10.6 Å². The molecule has 11 nitrogen and oxygen atoms in total. The lowest BCUT2D eigenvalue weighted by Gasteiger charge is -2.28. The summed E-state index contributed by atoms with van der Waals surface area (Å²) in [6.07, 6.45) is -0.620. The highest BCUT2D eigenvalue weighted by atomic mass is 32.1. The van der Waals surface area contributed by atoms with Crippen LogP contribution < -0.4 is 15.4 Å². The Morgan fingerprint density at radius 2 is 2.19 bits per heavy atom. The van der Waals surface area contributed by atoms with E-state index in [1.54, 1.807) is 11.8 Å². The van der Waals surface area contributed by atoms with E-state index in [0.29, 0.717) is 35.6 Å². The minimum absolute atomic E-state index is 0.0680. The van der Waals surface area contributed by atoms with Crippen LogP contribution in [0.5, 0.6) is 11.5 Å². The molecule has 0 radical (unpaired) electrons. The largest absolute Gasteiger partial charge is 0.500 e. The summed E-state index contributed by atoms with van der Waals surface area (Å²) in [5.41, 5.74) is 1.25. The number of nitrogens with one attached hydrogen (secondary N) is 2. The van der Waals surface area contributed by atoms with Gasteiger partial charge in [-0.05, 0) is 25.0 Å². The number of aromatic hydroxyl groups is 1. The molecule has 0 saturated carbocycles. The minimum Gasteiger partial charge on any atom is -0.500 e. The number of nitro groups is 1. The van der Waals surface area contributed by atoms with Gasteiger partial charge in [0.25, 0.3) is 5.91 Å². The number of thiophene rings is 1. The molecule has 0 fully saturated rings. The molecule has 0 aliphatic carbocycles. The van der Waals surface area contributed by atoms with Gasteiger partial charge in [-0.1, -0.05) is 0 Å². The number of phenols is 1. The van der Waals surface area contributed by atoms with Crippen LogP contribution in [0, 0.1) is 10.1 Å². The maximum Gasteiger partial charge on any atom is 0.410 e. The lowest BCUT2D eigenvalue weighted by atomic mass is 10.0. The smallest absolute Gasteiger partial charge is 0.410 e. The maximum absolute atomic E-state index is 12.9. The molecule has 31 heavy (non-hydrogen) atoms. The van der Waals surface area contributed by atoms with E-state index < -0.39 is 28.6 Å². The zero-order chi connectivity index (χ0) is 22.3. The molecule has 0 bridgehead atoms. The predicted octanol–water partition coefficient (Wildman–Crippen LogP) is 2.74. The minimum atomic E-state index is -0.755. The molecule has 2 aromatic rings. The second-order valence-corrected chi connectivity index (χ2v) is 8.08. The van der Waals surface area contributed by atoms with Gasteiger partial charge in [-0.25, -0.2) is 4.79 Å². The highest BCUT2D eigenvalue weighted by Crippen LogP contribution is 2.43. The molecule has 0 saturated heterocycles. The van der Waals surface area contributed by atoms with Gasteiger partial charge in [0.1, 0.15) is 11.2 Å². The van der Waals surface area contributed by atoms with Crippen LogP contribution in [0.25, 0.3) is 0 Å². The third-order valence-corrected chi connectivity index (χ3v) is 6.34. The zero-order valence-electron chi connectivity index (χ0n) is 16.8. The first-order valence-corrected chi connectivity index (χ1v) is 10.3. The third kappa shape index (κ3) is 3.58. The van der Waals surface area contributed by atoms with Crippen LogP contribution in [0.4, 0.5) is 15.5 Å². The molecule has 4 rings (SSSR count). The van der Waals surface area contributed by atoms with Gasteiger partial charge in [0, 0.05) is 23.1 Å². The molecule has 12 heteroatoms. The topological polar surface area (TPSA) is 143 Å². The molecule has 0 spiro atoms. The number of methoxy groups -OCH3 is 1. The molecular formula is C19H20N4O7S. The molecule has 3 heterocycles. The van der Waals surface area contributed by atoms with Crippen LogP contribution in [0.2, 0.25) is 0 Å². The van der Waals surface area contributed by atoms with E-state index in [9.17, 15) is 24.8 Å². The summed E-state index contributed by atoms with van der Waals surface area (Å²) >= 11 is 1.37. The average Bonchev–Trinajstić information content (AvgIpc) is 3.11. The quantitative estimate of drug-likeness (QED) is 0.478. The number of amides is 2. The number of hydrogen-bond acceptors (Lipinski definition) is 9. The van der Waals surface area contributed by atoms with Crippen molar-refractivity contribution in [2.45, 2.75) is 26.1 Å². The van der Waals surface area contributed by atoms with E-state index in [4.69, 9.17) is 9.47 Å². The van der Waals surface area contributed by atoms with Crippen molar-refractivity contribution < 1.29 is 29.1 Å². The third-order valence-electron chi connectivity index (χ3n) is 5.19. The van der Waals surface area contributed by atoms with E-state index in [1.165, 1.54) is 30.6 Å². The van der Waals surface area contributed by atoms with Gasteiger partial charge in [-0.3, -0.25) is 14.9 Å². The molecule has 2 aliphatic rings. The Morgan fingerprint density at radius 1 is 1.42 bits per heavy atom. The van der Waals surface area contributed by atoms with Gasteiger partial charge in [0.05, 0.1) is 30.7 Å². The Kier molecular flexibility index (Phi) is 5.31. The molecule has 2 amide bonds. The Bertz CT molecular complexity index is 1080. The number of carbonyl (C=O) groups excluding carboxylic acids is 2. The van der Waals surface area contributed by atoms with E-state index in [0.717, 1.165) is 10.4 Å². The fourth-order valence-corrected chi connectivity index (χ4v) is 5.02. The summed E-state index contributed by atoms with van der Waals surface area (Å²) in [4.78, 5) is 38.0. The van der Waals surface area contributed by atoms with Gasteiger partial charge < -0.3 is 30.1 Å². The Hall–Kier alpha value is -3.54. The summed E-state index contributed by atoms with van der Waals surface area (Å²) in [5, 5.41) is 27.9. The lowest BCUT2D eigenvalue weighted by Crippen LogP contribution is -2.39. The second-order valence-electron chi connectivity index (χ2n) is 6.98. The number of carbonyl (C=O) groups is 2. The van der Waals surface area contributed by atoms with Crippen molar-refractivity contribution in [2.24, 2.45) is 0 Å². The molecule has 3 N–H and O–H groups in total. The van der Waals surface area contributed by atoms with Gasteiger partial charge in [0.2, 0.25) is 5.75 Å². The van der Waals surface area contributed by atoms with Crippen molar-refractivity contribution in [1.82, 2.24) is 10.2 Å². The second kappa shape index (κ2) is 7.95. The monoisotopic (exact) mass is 448 g/mol. The average molecular weight is 448 g/mol. The Labute approximate surface area is 180 Å². The number of benzene rings is 1. The summed E-state index contributed by atoms with van der Waals surface area (Å²) in [6, 6.07) is 2.62. The molecule has 1 unspecified atom stereocenters. The van der Waals surface area contributed by atoms with Crippen molar-refractivity contribution in [3.8, 4) is 11.5 Å². The molecule has 2 aliphatic heterocycles. The number of hydrogen-bond donors (Lipinski definition) is 3. The number of phenolic OH excluding ortho intramolecular Hbond substituents is 1. The van der Waals surface area contributed by atoms with Crippen LogP contribution >= 0.6 is 11.3 Å². The highest BCUT2D eigenvalue weighted by Gasteiger charge is 2.35. The first kappa shape index (κ1) is 20.7. The summed E-state index contributed by atoms with van der Waals surface area (Å²) in [5.74, 6) is -0.957. The molecule has 1 aromatic carbocycles. The van der Waals surface area contributed by atoms with Gasteiger partial charge in [-0.15, -0.1) is 11.3 Å². The van der Waals surface area contributed by atoms with Crippen molar-refractivity contribution in [3.63, 3.8) is 0 Å².